The highest BCUT2D eigenvalue weighted by Crippen LogP contribution is 2.24. The minimum absolute atomic E-state index is 0.0458. The smallest absolute Gasteiger partial charge is 0.253 e. The number of ether oxygens (including phenoxy) is 1. The molecule has 0 radical (unpaired) electrons. The minimum atomic E-state index is -0.302. The number of anilines is 1. The van der Waals surface area contributed by atoms with Crippen molar-refractivity contribution in [1.82, 2.24) is 0 Å². The maximum absolute atomic E-state index is 12.0. The lowest BCUT2D eigenvalue weighted by molar-refractivity contribution is -0.126. The molecule has 1 amide bonds. The first-order chi connectivity index (χ1) is 8.06. The summed E-state index contributed by atoms with van der Waals surface area (Å²) in [5.74, 6) is -0.0458. The molecule has 1 N–H and O–H groups in total. The van der Waals surface area contributed by atoms with E-state index in [0.717, 1.165) is 28.6 Å². The Balaban J connectivity index is 2.05. The van der Waals surface area contributed by atoms with Crippen molar-refractivity contribution < 1.29 is 9.53 Å². The molecule has 1 fully saturated rings. The number of halogens is 1. The number of carbonyl (C=O) groups excluding carboxylic acids is 1. The number of nitrogens with one attached hydrogen (secondary N) is 1. The van der Waals surface area contributed by atoms with Gasteiger partial charge in [0.1, 0.15) is 6.10 Å². The molecule has 92 valence electrons. The van der Waals surface area contributed by atoms with E-state index in [4.69, 9.17) is 4.74 Å². The summed E-state index contributed by atoms with van der Waals surface area (Å²) in [6, 6.07) is 5.84. The molecule has 1 aliphatic heterocycles. The lowest BCUT2D eigenvalue weighted by Gasteiger charge is -2.13. The van der Waals surface area contributed by atoms with Gasteiger partial charge in [0.2, 0.25) is 0 Å². The quantitative estimate of drug-likeness (QED) is 0.910. The van der Waals surface area contributed by atoms with Crippen molar-refractivity contribution in [3.8, 4) is 0 Å². The van der Waals surface area contributed by atoms with Crippen LogP contribution in [0, 0.1) is 6.92 Å². The van der Waals surface area contributed by atoms with E-state index in [0.29, 0.717) is 0 Å². The van der Waals surface area contributed by atoms with Gasteiger partial charge < -0.3 is 10.1 Å². The van der Waals surface area contributed by atoms with Crippen LogP contribution in [0.4, 0.5) is 5.69 Å². The minimum Gasteiger partial charge on any atom is -0.365 e. The van der Waals surface area contributed by atoms with Crippen LogP contribution in [-0.4, -0.2) is 18.1 Å². The molecule has 0 spiro atoms. The monoisotopic (exact) mass is 297 g/mol. The van der Waals surface area contributed by atoms with Gasteiger partial charge in [-0.2, -0.15) is 0 Å². The molecule has 0 aliphatic carbocycles. The summed E-state index contributed by atoms with van der Waals surface area (Å²) >= 11 is 3.40. The van der Waals surface area contributed by atoms with Crippen LogP contribution in [0.2, 0.25) is 0 Å². The molecular formula is C13H16BrNO2. The predicted octanol–water partition coefficient (Wildman–Crippen LogP) is 3.26. The molecule has 0 bridgehead atoms. The van der Waals surface area contributed by atoms with Gasteiger partial charge in [-0.1, -0.05) is 22.0 Å². The van der Waals surface area contributed by atoms with Crippen molar-refractivity contribution in [3.63, 3.8) is 0 Å². The fourth-order valence-corrected chi connectivity index (χ4v) is 2.30. The Hall–Kier alpha value is -0.870. The Morgan fingerprint density at radius 3 is 2.88 bits per heavy atom. The van der Waals surface area contributed by atoms with E-state index in [1.807, 2.05) is 32.0 Å². The van der Waals surface area contributed by atoms with Crippen LogP contribution >= 0.6 is 15.9 Å². The normalized spacial score (nSPS) is 23.7. The number of amides is 1. The van der Waals surface area contributed by atoms with Gasteiger partial charge in [-0.05, 0) is 44.4 Å². The van der Waals surface area contributed by atoms with E-state index in [1.165, 1.54) is 0 Å². The van der Waals surface area contributed by atoms with Gasteiger partial charge in [0.05, 0.1) is 6.10 Å². The maximum Gasteiger partial charge on any atom is 0.253 e. The summed E-state index contributed by atoms with van der Waals surface area (Å²) in [4.78, 5) is 12.0. The van der Waals surface area contributed by atoms with Crippen LogP contribution in [0.3, 0.4) is 0 Å². The molecule has 1 aromatic rings. The van der Waals surface area contributed by atoms with Crippen LogP contribution in [0.15, 0.2) is 22.7 Å². The van der Waals surface area contributed by atoms with Crippen molar-refractivity contribution in [3.05, 3.63) is 28.2 Å². The first kappa shape index (κ1) is 12.6. The fourth-order valence-electron chi connectivity index (χ4n) is 1.94. The summed E-state index contributed by atoms with van der Waals surface area (Å²) < 4.78 is 6.50. The fraction of sp³-hybridized carbons (Fsp3) is 0.462. The number of hydrogen-bond acceptors (Lipinski definition) is 2. The van der Waals surface area contributed by atoms with E-state index in [1.54, 1.807) is 0 Å². The van der Waals surface area contributed by atoms with Gasteiger partial charge in [-0.3, -0.25) is 4.79 Å². The zero-order valence-corrected chi connectivity index (χ0v) is 11.6. The third-order valence-electron chi connectivity index (χ3n) is 2.98. The molecule has 1 heterocycles. The number of benzene rings is 1. The number of carbonyl (C=O) groups is 1. The Morgan fingerprint density at radius 2 is 2.24 bits per heavy atom. The molecular weight excluding hydrogens is 282 g/mol. The maximum atomic E-state index is 12.0. The first-order valence-electron chi connectivity index (χ1n) is 5.79. The third-order valence-corrected chi connectivity index (χ3v) is 3.48. The highest BCUT2D eigenvalue weighted by molar-refractivity contribution is 9.10. The van der Waals surface area contributed by atoms with E-state index in [2.05, 4.69) is 21.2 Å². The van der Waals surface area contributed by atoms with Crippen LogP contribution < -0.4 is 5.32 Å². The second kappa shape index (κ2) is 5.19. The molecule has 0 saturated carbocycles. The summed E-state index contributed by atoms with van der Waals surface area (Å²) in [5.41, 5.74) is 1.89. The van der Waals surface area contributed by atoms with Crippen molar-refractivity contribution >= 4 is 27.5 Å². The molecule has 17 heavy (non-hydrogen) atoms. The highest BCUT2D eigenvalue weighted by atomic mass is 79.9. The Labute approximate surface area is 110 Å². The Morgan fingerprint density at radius 1 is 1.47 bits per heavy atom. The molecule has 4 heteroatoms. The van der Waals surface area contributed by atoms with Crippen LogP contribution in [0.1, 0.15) is 25.3 Å². The zero-order valence-electron chi connectivity index (χ0n) is 10.00. The average molecular weight is 298 g/mol. The first-order valence-corrected chi connectivity index (χ1v) is 6.58. The third kappa shape index (κ3) is 3.07. The largest absolute Gasteiger partial charge is 0.365 e. The molecule has 1 aliphatic rings. The lowest BCUT2D eigenvalue weighted by atomic mass is 10.1. The SMILES string of the molecule is Cc1ccc(Br)cc1NC(=O)C1CCC(C)O1. The highest BCUT2D eigenvalue weighted by Gasteiger charge is 2.28. The van der Waals surface area contributed by atoms with Gasteiger partial charge in [-0.25, -0.2) is 0 Å². The van der Waals surface area contributed by atoms with Gasteiger partial charge in [0.25, 0.3) is 5.91 Å². The number of aryl methyl sites for hydroxylation is 1. The topological polar surface area (TPSA) is 38.3 Å². The van der Waals surface area contributed by atoms with Crippen molar-refractivity contribution in [2.75, 3.05) is 5.32 Å². The standard InChI is InChI=1S/C13H16BrNO2/c1-8-3-5-10(14)7-11(8)15-13(16)12-6-4-9(2)17-12/h3,5,7,9,12H,4,6H2,1-2H3,(H,15,16). The molecule has 2 rings (SSSR count). The Bertz CT molecular complexity index is 433. The van der Waals surface area contributed by atoms with Gasteiger partial charge in [0.15, 0.2) is 0 Å². The second-order valence-electron chi connectivity index (χ2n) is 4.46. The zero-order chi connectivity index (χ0) is 12.4. The molecule has 0 aromatic heterocycles. The van der Waals surface area contributed by atoms with Crippen LogP contribution in [0.25, 0.3) is 0 Å². The van der Waals surface area contributed by atoms with Crippen LogP contribution in [0.5, 0.6) is 0 Å². The van der Waals surface area contributed by atoms with E-state index >= 15 is 0 Å². The number of rotatable bonds is 2. The van der Waals surface area contributed by atoms with E-state index < -0.39 is 0 Å². The summed E-state index contributed by atoms with van der Waals surface area (Å²) in [7, 11) is 0. The molecule has 3 nitrogen and oxygen atoms in total. The van der Waals surface area contributed by atoms with Crippen molar-refractivity contribution in [2.24, 2.45) is 0 Å². The van der Waals surface area contributed by atoms with Crippen molar-refractivity contribution in [2.45, 2.75) is 38.9 Å². The van der Waals surface area contributed by atoms with E-state index in [9.17, 15) is 4.79 Å². The molecule has 1 aromatic carbocycles. The second-order valence-corrected chi connectivity index (χ2v) is 5.38. The van der Waals surface area contributed by atoms with Gasteiger partial charge in [-0.15, -0.1) is 0 Å². The van der Waals surface area contributed by atoms with Crippen LogP contribution in [-0.2, 0) is 9.53 Å². The average Bonchev–Trinajstić information content (AvgIpc) is 2.70. The predicted molar refractivity (Wildman–Crippen MR) is 71.1 cm³/mol. The van der Waals surface area contributed by atoms with E-state index in [-0.39, 0.29) is 18.1 Å². The summed E-state index contributed by atoms with van der Waals surface area (Å²) in [6.07, 6.45) is 1.65. The van der Waals surface area contributed by atoms with Crippen molar-refractivity contribution in [1.29, 1.82) is 0 Å². The lowest BCUT2D eigenvalue weighted by Crippen LogP contribution is -2.28. The van der Waals surface area contributed by atoms with Gasteiger partial charge in [0, 0.05) is 10.2 Å². The summed E-state index contributed by atoms with van der Waals surface area (Å²) in [5, 5.41) is 2.92. The molecule has 2 unspecified atom stereocenters. The molecule has 2 atom stereocenters. The Kier molecular flexibility index (Phi) is 3.84. The summed E-state index contributed by atoms with van der Waals surface area (Å²) in [6.45, 7) is 3.97. The number of hydrogen-bond donors (Lipinski definition) is 1. The van der Waals surface area contributed by atoms with Gasteiger partial charge >= 0.3 is 0 Å². The molecule has 1 saturated heterocycles.